The first-order chi connectivity index (χ1) is 11.5. The van der Waals surface area contributed by atoms with Gasteiger partial charge in [0, 0.05) is 45.5 Å². The van der Waals surface area contributed by atoms with Gasteiger partial charge >= 0.3 is 0 Å². The van der Waals surface area contributed by atoms with Crippen LogP contribution in [0, 0.1) is 13.8 Å². The molecule has 1 heterocycles. The molecule has 0 unspecified atom stereocenters. The van der Waals surface area contributed by atoms with Gasteiger partial charge in [-0.25, -0.2) is 0 Å². The summed E-state index contributed by atoms with van der Waals surface area (Å²) < 4.78 is 1.83. The van der Waals surface area contributed by atoms with E-state index in [1.807, 2.05) is 24.1 Å². The Balaban J connectivity index is 1.98. The number of aliphatic imine (C=N–C) groups is 1. The molecule has 0 amide bonds. The number of hydrogen-bond donors (Lipinski definition) is 1. The van der Waals surface area contributed by atoms with E-state index < -0.39 is 0 Å². The highest BCUT2D eigenvalue weighted by Crippen LogP contribution is 2.09. The number of benzene rings is 1. The molecule has 0 fully saturated rings. The lowest BCUT2D eigenvalue weighted by Crippen LogP contribution is -2.38. The van der Waals surface area contributed by atoms with Gasteiger partial charge in [-0.1, -0.05) is 29.3 Å². The largest absolute Gasteiger partial charge is 0.357 e. The molecule has 0 radical (unpaired) electrons. The SMILES string of the molecule is CCNC(=NCCc1cc(C)cc(C)c1)N(C)Cc1cnn(C)c1. The minimum absolute atomic E-state index is 0.780. The highest BCUT2D eigenvalue weighted by molar-refractivity contribution is 5.79. The molecule has 1 N–H and O–H groups in total. The van der Waals surface area contributed by atoms with Gasteiger partial charge in [-0.3, -0.25) is 9.67 Å². The first-order valence-corrected chi connectivity index (χ1v) is 8.52. The molecule has 2 aromatic rings. The Morgan fingerprint density at radius 1 is 1.21 bits per heavy atom. The molecular weight excluding hydrogens is 298 g/mol. The lowest BCUT2D eigenvalue weighted by Gasteiger charge is -2.21. The summed E-state index contributed by atoms with van der Waals surface area (Å²) in [4.78, 5) is 6.92. The average Bonchev–Trinajstić information content (AvgIpc) is 2.90. The van der Waals surface area contributed by atoms with Gasteiger partial charge in [0.1, 0.15) is 0 Å². The van der Waals surface area contributed by atoms with Crippen molar-refractivity contribution in [1.82, 2.24) is 20.0 Å². The fraction of sp³-hybridized carbons (Fsp3) is 0.474. The molecule has 0 saturated carbocycles. The maximum absolute atomic E-state index is 4.78. The summed E-state index contributed by atoms with van der Waals surface area (Å²) in [5.41, 5.74) is 5.16. The topological polar surface area (TPSA) is 45.5 Å². The number of aryl methyl sites for hydroxylation is 3. The zero-order valence-corrected chi connectivity index (χ0v) is 15.5. The van der Waals surface area contributed by atoms with Crippen LogP contribution in [0.4, 0.5) is 0 Å². The van der Waals surface area contributed by atoms with Crippen molar-refractivity contribution in [3.05, 3.63) is 52.8 Å². The summed E-state index contributed by atoms with van der Waals surface area (Å²) in [5.74, 6) is 0.936. The summed E-state index contributed by atoms with van der Waals surface area (Å²) in [5, 5.41) is 7.59. The fourth-order valence-corrected chi connectivity index (χ4v) is 2.88. The second-order valence-corrected chi connectivity index (χ2v) is 6.36. The number of guanidine groups is 1. The van der Waals surface area contributed by atoms with E-state index in [2.05, 4.69) is 61.3 Å². The van der Waals surface area contributed by atoms with E-state index in [0.717, 1.165) is 32.0 Å². The molecule has 2 rings (SSSR count). The Bertz CT molecular complexity index is 667. The molecule has 1 aromatic carbocycles. The number of aromatic nitrogens is 2. The Labute approximate surface area is 145 Å². The minimum Gasteiger partial charge on any atom is -0.357 e. The lowest BCUT2D eigenvalue weighted by atomic mass is 10.1. The summed E-state index contributed by atoms with van der Waals surface area (Å²) in [7, 11) is 4.00. The Morgan fingerprint density at radius 3 is 2.50 bits per heavy atom. The average molecular weight is 327 g/mol. The molecule has 0 saturated heterocycles. The normalized spacial score (nSPS) is 11.6. The van der Waals surface area contributed by atoms with Crippen LogP contribution < -0.4 is 5.32 Å². The van der Waals surface area contributed by atoms with Crippen molar-refractivity contribution in [2.75, 3.05) is 20.1 Å². The predicted molar refractivity (Wildman–Crippen MR) is 100 cm³/mol. The summed E-state index contributed by atoms with van der Waals surface area (Å²) >= 11 is 0. The Kier molecular flexibility index (Phi) is 6.41. The van der Waals surface area contributed by atoms with Gasteiger partial charge < -0.3 is 10.2 Å². The zero-order chi connectivity index (χ0) is 17.5. The van der Waals surface area contributed by atoms with Crippen LogP contribution in [0.3, 0.4) is 0 Å². The number of hydrogen-bond acceptors (Lipinski definition) is 2. The van der Waals surface area contributed by atoms with E-state index in [4.69, 9.17) is 4.99 Å². The van der Waals surface area contributed by atoms with E-state index in [-0.39, 0.29) is 0 Å². The summed E-state index contributed by atoms with van der Waals surface area (Å²) in [6.45, 7) is 8.82. The summed E-state index contributed by atoms with van der Waals surface area (Å²) in [6, 6.07) is 6.70. The minimum atomic E-state index is 0.780. The van der Waals surface area contributed by atoms with Crippen molar-refractivity contribution < 1.29 is 0 Å². The summed E-state index contributed by atoms with van der Waals surface area (Å²) in [6.07, 6.45) is 4.89. The van der Waals surface area contributed by atoms with Crippen LogP contribution in [0.5, 0.6) is 0 Å². The number of rotatable bonds is 6. The second-order valence-electron chi connectivity index (χ2n) is 6.36. The van der Waals surface area contributed by atoms with Gasteiger partial charge in [-0.2, -0.15) is 5.10 Å². The van der Waals surface area contributed by atoms with Gasteiger partial charge in [0.15, 0.2) is 5.96 Å². The Hall–Kier alpha value is -2.30. The van der Waals surface area contributed by atoms with Gasteiger partial charge in [0.05, 0.1) is 6.20 Å². The Morgan fingerprint density at radius 2 is 1.92 bits per heavy atom. The highest BCUT2D eigenvalue weighted by atomic mass is 15.3. The van der Waals surface area contributed by atoms with Crippen molar-refractivity contribution in [3.63, 3.8) is 0 Å². The first-order valence-electron chi connectivity index (χ1n) is 8.52. The second kappa shape index (κ2) is 8.52. The van der Waals surface area contributed by atoms with Crippen molar-refractivity contribution >= 4 is 5.96 Å². The zero-order valence-electron chi connectivity index (χ0n) is 15.5. The fourth-order valence-electron chi connectivity index (χ4n) is 2.88. The van der Waals surface area contributed by atoms with Crippen LogP contribution in [0.2, 0.25) is 0 Å². The molecule has 130 valence electrons. The molecular formula is C19H29N5. The third kappa shape index (κ3) is 5.41. The number of nitrogens with zero attached hydrogens (tertiary/aromatic N) is 4. The van der Waals surface area contributed by atoms with Crippen molar-refractivity contribution in [2.45, 2.75) is 33.7 Å². The third-order valence-electron chi connectivity index (χ3n) is 3.82. The monoisotopic (exact) mass is 327 g/mol. The van der Waals surface area contributed by atoms with Crippen molar-refractivity contribution in [3.8, 4) is 0 Å². The third-order valence-corrected chi connectivity index (χ3v) is 3.82. The molecule has 0 aliphatic rings. The van der Waals surface area contributed by atoms with Crippen LogP contribution in [0.25, 0.3) is 0 Å². The molecule has 0 aliphatic heterocycles. The lowest BCUT2D eigenvalue weighted by molar-refractivity contribution is 0.477. The van der Waals surface area contributed by atoms with Crippen molar-refractivity contribution in [1.29, 1.82) is 0 Å². The molecule has 0 aliphatic carbocycles. The first kappa shape index (κ1) is 18.0. The van der Waals surface area contributed by atoms with Gasteiger partial charge in [-0.05, 0) is 32.8 Å². The van der Waals surface area contributed by atoms with Crippen LogP contribution >= 0.6 is 0 Å². The molecule has 0 bridgehead atoms. The number of nitrogens with one attached hydrogen (secondary N) is 1. The van der Waals surface area contributed by atoms with Crippen LogP contribution in [0.15, 0.2) is 35.6 Å². The molecule has 0 spiro atoms. The highest BCUT2D eigenvalue weighted by Gasteiger charge is 2.07. The maximum atomic E-state index is 4.78. The van der Waals surface area contributed by atoms with Crippen LogP contribution in [0.1, 0.15) is 29.2 Å². The molecule has 5 heteroatoms. The maximum Gasteiger partial charge on any atom is 0.193 e. The van der Waals surface area contributed by atoms with E-state index >= 15 is 0 Å². The molecule has 1 aromatic heterocycles. The molecule has 0 atom stereocenters. The van der Waals surface area contributed by atoms with Gasteiger partial charge in [-0.15, -0.1) is 0 Å². The molecule has 24 heavy (non-hydrogen) atoms. The van der Waals surface area contributed by atoms with E-state index in [9.17, 15) is 0 Å². The predicted octanol–water partition coefficient (Wildman–Crippen LogP) is 2.68. The van der Waals surface area contributed by atoms with Crippen LogP contribution in [-0.2, 0) is 20.0 Å². The van der Waals surface area contributed by atoms with E-state index in [1.54, 1.807) is 0 Å². The smallest absolute Gasteiger partial charge is 0.193 e. The van der Waals surface area contributed by atoms with E-state index in [0.29, 0.717) is 0 Å². The molecule has 5 nitrogen and oxygen atoms in total. The van der Waals surface area contributed by atoms with Crippen molar-refractivity contribution in [2.24, 2.45) is 12.0 Å². The van der Waals surface area contributed by atoms with E-state index in [1.165, 1.54) is 22.3 Å². The van der Waals surface area contributed by atoms with Gasteiger partial charge in [0.2, 0.25) is 0 Å². The van der Waals surface area contributed by atoms with Crippen LogP contribution in [-0.4, -0.2) is 40.8 Å². The standard InChI is InChI=1S/C19H29N5/c1-6-20-19(23(4)13-18-12-22-24(5)14-18)21-8-7-17-10-15(2)9-16(3)11-17/h9-12,14H,6-8,13H2,1-5H3,(H,20,21). The quantitative estimate of drug-likeness (QED) is 0.655. The van der Waals surface area contributed by atoms with Gasteiger partial charge in [0.25, 0.3) is 0 Å².